The molecule has 2 atom stereocenters. The smallest absolute Gasteiger partial charge is 0.336 e. The molecule has 2 aromatic carbocycles. The third kappa shape index (κ3) is 4.26. The van der Waals surface area contributed by atoms with Gasteiger partial charge in [-0.1, -0.05) is 24.3 Å². The van der Waals surface area contributed by atoms with Crippen LogP contribution in [0.4, 0.5) is 5.69 Å². The third-order valence-electron chi connectivity index (χ3n) is 6.31. The number of anilines is 1. The van der Waals surface area contributed by atoms with Gasteiger partial charge in [-0.2, -0.15) is 0 Å². The van der Waals surface area contributed by atoms with Crippen LogP contribution in [0.5, 0.6) is 0 Å². The number of rotatable bonds is 6. The molecule has 1 aliphatic rings. The Kier molecular flexibility index (Phi) is 6.23. The number of methoxy groups -OCH3 is 1. The monoisotopic (exact) mass is 488 g/mol. The molecular formula is C27H24N2O5S. The molecule has 1 N–H and O–H groups in total. The lowest BCUT2D eigenvalue weighted by molar-refractivity contribution is -0.119. The number of nitrogens with zero attached hydrogens (tertiary/aromatic N) is 1. The van der Waals surface area contributed by atoms with Crippen LogP contribution in [0.25, 0.3) is 11.0 Å². The second-order valence-corrected chi connectivity index (χ2v) is 9.44. The maximum atomic E-state index is 13.9. The van der Waals surface area contributed by atoms with Crippen molar-refractivity contribution in [2.45, 2.75) is 18.9 Å². The lowest BCUT2D eigenvalue weighted by Crippen LogP contribution is -2.47. The van der Waals surface area contributed by atoms with Gasteiger partial charge in [0.25, 0.3) is 5.91 Å². The summed E-state index contributed by atoms with van der Waals surface area (Å²) < 4.78 is 10.6. The number of aryl methyl sites for hydroxylation is 1. The van der Waals surface area contributed by atoms with Crippen LogP contribution in [-0.2, 0) is 9.53 Å². The number of fused-ring (bicyclic) bond motifs is 2. The molecule has 7 nitrogen and oxygen atoms in total. The number of benzene rings is 2. The minimum atomic E-state index is -0.639. The van der Waals surface area contributed by atoms with E-state index < -0.39 is 17.6 Å². The standard InChI is InChI=1S/C27H24N2O5S/c1-16-14-23(30)34-21-15-17(9-10-18(16)21)28-26(31)24-19-6-3-4-7-20(19)27(32)29(11-12-33-2)25(24)22-8-5-13-35-22/h3-10,13-15,24-25H,11-12H2,1-2H3,(H,28,31)/t24-,25+/m0/s1. The zero-order chi connectivity index (χ0) is 24.5. The fourth-order valence-corrected chi connectivity index (χ4v) is 5.58. The molecule has 0 saturated carbocycles. The Balaban J connectivity index is 1.58. The highest BCUT2D eigenvalue weighted by Gasteiger charge is 2.44. The number of carbonyl (C=O) groups excluding carboxylic acids is 2. The Hall–Kier alpha value is -3.75. The summed E-state index contributed by atoms with van der Waals surface area (Å²) in [5.74, 6) is -1.01. The van der Waals surface area contributed by atoms with Gasteiger partial charge >= 0.3 is 5.63 Å². The summed E-state index contributed by atoms with van der Waals surface area (Å²) in [6.07, 6.45) is 0. The lowest BCUT2D eigenvalue weighted by Gasteiger charge is -2.41. The molecule has 0 radical (unpaired) electrons. The number of hydrogen-bond donors (Lipinski definition) is 1. The predicted molar refractivity (Wildman–Crippen MR) is 135 cm³/mol. The van der Waals surface area contributed by atoms with Crippen LogP contribution >= 0.6 is 11.3 Å². The second kappa shape index (κ2) is 9.48. The molecule has 0 aliphatic carbocycles. The molecule has 0 saturated heterocycles. The van der Waals surface area contributed by atoms with E-state index in [1.807, 2.05) is 42.6 Å². The van der Waals surface area contributed by atoms with Crippen molar-refractivity contribution in [1.82, 2.24) is 4.90 Å². The average molecular weight is 489 g/mol. The number of ether oxygens (including phenoxy) is 1. The summed E-state index contributed by atoms with van der Waals surface area (Å²) >= 11 is 1.51. The van der Waals surface area contributed by atoms with Crippen molar-refractivity contribution in [3.63, 3.8) is 0 Å². The van der Waals surface area contributed by atoms with E-state index in [1.54, 1.807) is 36.3 Å². The molecule has 8 heteroatoms. The van der Waals surface area contributed by atoms with Crippen molar-refractivity contribution < 1.29 is 18.7 Å². The van der Waals surface area contributed by atoms with Gasteiger partial charge in [-0.3, -0.25) is 9.59 Å². The van der Waals surface area contributed by atoms with Crippen molar-refractivity contribution in [3.05, 3.63) is 98.0 Å². The average Bonchev–Trinajstić information content (AvgIpc) is 3.37. The molecule has 0 unspecified atom stereocenters. The Bertz CT molecular complexity index is 1460. The summed E-state index contributed by atoms with van der Waals surface area (Å²) in [7, 11) is 1.59. The Morgan fingerprint density at radius 3 is 2.71 bits per heavy atom. The molecule has 1 aliphatic heterocycles. The van der Waals surface area contributed by atoms with Crippen LogP contribution in [0.2, 0.25) is 0 Å². The molecule has 0 spiro atoms. The number of nitrogens with one attached hydrogen (secondary N) is 1. The minimum absolute atomic E-state index is 0.122. The molecule has 2 aromatic heterocycles. The van der Waals surface area contributed by atoms with Crippen LogP contribution < -0.4 is 10.9 Å². The van der Waals surface area contributed by atoms with E-state index in [1.165, 1.54) is 17.4 Å². The van der Waals surface area contributed by atoms with Crippen LogP contribution in [0.3, 0.4) is 0 Å². The summed E-state index contributed by atoms with van der Waals surface area (Å²) in [5, 5.41) is 5.75. The van der Waals surface area contributed by atoms with Gasteiger partial charge in [0.05, 0.1) is 18.6 Å². The summed E-state index contributed by atoms with van der Waals surface area (Å²) in [5.41, 5.74) is 2.48. The minimum Gasteiger partial charge on any atom is -0.423 e. The largest absolute Gasteiger partial charge is 0.423 e. The molecule has 35 heavy (non-hydrogen) atoms. The first-order valence-corrected chi connectivity index (χ1v) is 12.1. The van der Waals surface area contributed by atoms with Gasteiger partial charge < -0.3 is 19.4 Å². The second-order valence-electron chi connectivity index (χ2n) is 8.47. The molecule has 3 heterocycles. The molecule has 178 valence electrons. The van der Waals surface area contributed by atoms with Gasteiger partial charge in [0.1, 0.15) is 5.58 Å². The van der Waals surface area contributed by atoms with Crippen LogP contribution in [0.15, 0.2) is 75.3 Å². The van der Waals surface area contributed by atoms with Crippen LogP contribution in [0.1, 0.15) is 38.3 Å². The fraction of sp³-hybridized carbons (Fsp3) is 0.222. The zero-order valence-electron chi connectivity index (χ0n) is 19.3. The van der Waals surface area contributed by atoms with Gasteiger partial charge in [-0.25, -0.2) is 4.79 Å². The first-order chi connectivity index (χ1) is 17.0. The number of thiophene rings is 1. The maximum absolute atomic E-state index is 13.9. The SMILES string of the molecule is COCCN1C(=O)c2ccccc2[C@H](C(=O)Nc2ccc3c(C)cc(=O)oc3c2)[C@H]1c1cccs1. The number of hydrogen-bond acceptors (Lipinski definition) is 6. The van der Waals surface area contributed by atoms with Gasteiger partial charge in [0.15, 0.2) is 0 Å². The van der Waals surface area contributed by atoms with E-state index in [0.717, 1.165) is 15.8 Å². The van der Waals surface area contributed by atoms with Crippen molar-refractivity contribution in [2.24, 2.45) is 0 Å². The van der Waals surface area contributed by atoms with E-state index in [4.69, 9.17) is 9.15 Å². The van der Waals surface area contributed by atoms with E-state index in [2.05, 4.69) is 5.32 Å². The van der Waals surface area contributed by atoms with Crippen molar-refractivity contribution in [3.8, 4) is 0 Å². The molecule has 0 bridgehead atoms. The molecule has 5 rings (SSSR count). The fourth-order valence-electron chi connectivity index (χ4n) is 4.71. The highest BCUT2D eigenvalue weighted by molar-refractivity contribution is 7.10. The van der Waals surface area contributed by atoms with Crippen LogP contribution in [0, 0.1) is 6.92 Å². The summed E-state index contributed by atoms with van der Waals surface area (Å²) in [4.78, 5) is 41.8. The Morgan fingerprint density at radius 1 is 1.11 bits per heavy atom. The van der Waals surface area contributed by atoms with E-state index in [9.17, 15) is 14.4 Å². The summed E-state index contributed by atoms with van der Waals surface area (Å²) in [6, 6.07) is 17.3. The van der Waals surface area contributed by atoms with Crippen molar-refractivity contribution in [2.75, 3.05) is 25.6 Å². The highest BCUT2D eigenvalue weighted by Crippen LogP contribution is 2.44. The molecule has 4 aromatic rings. The van der Waals surface area contributed by atoms with Crippen molar-refractivity contribution in [1.29, 1.82) is 0 Å². The van der Waals surface area contributed by atoms with Gasteiger partial charge in [0.2, 0.25) is 5.91 Å². The topological polar surface area (TPSA) is 88.9 Å². The van der Waals surface area contributed by atoms with Gasteiger partial charge in [-0.05, 0) is 47.7 Å². The van der Waals surface area contributed by atoms with Crippen LogP contribution in [-0.4, -0.2) is 37.0 Å². The molecule has 0 fully saturated rings. The maximum Gasteiger partial charge on any atom is 0.336 e. The van der Waals surface area contributed by atoms with Gasteiger partial charge in [0, 0.05) is 47.3 Å². The van der Waals surface area contributed by atoms with E-state index >= 15 is 0 Å². The highest BCUT2D eigenvalue weighted by atomic mass is 32.1. The quantitative estimate of drug-likeness (QED) is 0.397. The first-order valence-electron chi connectivity index (χ1n) is 11.3. The number of amides is 2. The lowest BCUT2D eigenvalue weighted by atomic mass is 9.81. The van der Waals surface area contributed by atoms with Gasteiger partial charge in [-0.15, -0.1) is 11.3 Å². The number of carbonyl (C=O) groups is 2. The molecular weight excluding hydrogens is 464 g/mol. The normalized spacial score (nSPS) is 17.4. The summed E-state index contributed by atoms with van der Waals surface area (Å²) in [6.45, 7) is 2.55. The van der Waals surface area contributed by atoms with E-state index in [-0.39, 0.29) is 11.8 Å². The third-order valence-corrected chi connectivity index (χ3v) is 7.25. The predicted octanol–water partition coefficient (Wildman–Crippen LogP) is 4.73. The van der Waals surface area contributed by atoms with E-state index in [0.29, 0.717) is 35.5 Å². The zero-order valence-corrected chi connectivity index (χ0v) is 20.1. The van der Waals surface area contributed by atoms with Crippen molar-refractivity contribution >= 4 is 39.8 Å². The Labute approximate surface area is 205 Å². The molecule has 2 amide bonds. The first kappa shape index (κ1) is 23.0. The Morgan fingerprint density at radius 2 is 1.94 bits per heavy atom.